The number of rotatable bonds is 5. The second kappa shape index (κ2) is 6.98. The van der Waals surface area contributed by atoms with Gasteiger partial charge in [0.2, 0.25) is 15.9 Å². The van der Waals surface area contributed by atoms with E-state index in [0.717, 1.165) is 19.1 Å². The van der Waals surface area contributed by atoms with Gasteiger partial charge in [-0.05, 0) is 31.7 Å². The number of sulfonamides is 1. The molecular formula is C15H16N4O4S. The summed E-state index contributed by atoms with van der Waals surface area (Å²) in [5, 5.41) is 12.2. The predicted molar refractivity (Wildman–Crippen MR) is 82.4 cm³/mol. The van der Waals surface area contributed by atoms with Gasteiger partial charge in [-0.15, -0.1) is 0 Å². The summed E-state index contributed by atoms with van der Waals surface area (Å²) in [7, 11) is -3.59. The third kappa shape index (κ3) is 3.90. The van der Waals surface area contributed by atoms with Crippen molar-refractivity contribution in [1.82, 2.24) is 14.9 Å². The summed E-state index contributed by atoms with van der Waals surface area (Å²) in [4.78, 5) is 4.11. The molecule has 1 N–H and O–H groups in total. The Kier molecular flexibility index (Phi) is 4.78. The van der Waals surface area contributed by atoms with Crippen molar-refractivity contribution in [3.05, 3.63) is 36.4 Å². The summed E-state index contributed by atoms with van der Waals surface area (Å²) in [6, 6.07) is 5.18. The van der Waals surface area contributed by atoms with Crippen LogP contribution in [0.25, 0.3) is 0 Å². The van der Waals surface area contributed by atoms with Gasteiger partial charge in [-0.25, -0.2) is 18.1 Å². The molecule has 2 aromatic rings. The molecule has 126 valence electrons. The highest BCUT2D eigenvalue weighted by Gasteiger charge is 2.27. The topological polar surface area (TPSA) is 118 Å². The Morgan fingerprint density at radius 1 is 1.25 bits per heavy atom. The van der Waals surface area contributed by atoms with Crippen molar-refractivity contribution < 1.29 is 17.7 Å². The molecule has 9 heteroatoms. The first-order chi connectivity index (χ1) is 11.6. The largest absolute Gasteiger partial charge is 0.474 e. The van der Waals surface area contributed by atoms with Crippen molar-refractivity contribution in [2.45, 2.75) is 42.7 Å². The van der Waals surface area contributed by atoms with Crippen LogP contribution in [-0.4, -0.2) is 30.7 Å². The van der Waals surface area contributed by atoms with Gasteiger partial charge in [0.25, 0.3) is 0 Å². The lowest BCUT2D eigenvalue weighted by Crippen LogP contribution is -2.39. The monoisotopic (exact) mass is 348 g/mol. The van der Waals surface area contributed by atoms with Crippen LogP contribution < -0.4 is 9.46 Å². The van der Waals surface area contributed by atoms with E-state index in [9.17, 15) is 8.42 Å². The summed E-state index contributed by atoms with van der Waals surface area (Å²) in [5.74, 6) is 0.475. The molecule has 0 bridgehead atoms. The first-order valence-corrected chi connectivity index (χ1v) is 8.99. The maximum atomic E-state index is 12.1. The Bertz CT molecular complexity index is 804. The summed E-state index contributed by atoms with van der Waals surface area (Å²) in [6.45, 7) is 0. The van der Waals surface area contributed by atoms with E-state index in [2.05, 4.69) is 19.4 Å². The molecule has 0 unspecified atom stereocenters. The molecule has 3 rings (SSSR count). The summed E-state index contributed by atoms with van der Waals surface area (Å²) in [5.41, 5.74) is 0.481. The second-order valence-corrected chi connectivity index (χ2v) is 7.28. The van der Waals surface area contributed by atoms with E-state index in [1.165, 1.54) is 12.4 Å². The van der Waals surface area contributed by atoms with Crippen molar-refractivity contribution >= 4 is 10.0 Å². The average molecular weight is 348 g/mol. The molecule has 24 heavy (non-hydrogen) atoms. The standard InChI is InChI=1S/C15H16N4O4S/c16-7-11-1-6-15(17-8-11)23-13-4-2-12(3-5-13)19-24(20,21)14-9-18-22-10-14/h1,6,8-10,12-13,19H,2-5H2. The number of pyridine rings is 1. The van der Waals surface area contributed by atoms with Crippen molar-refractivity contribution in [2.75, 3.05) is 0 Å². The minimum atomic E-state index is -3.59. The maximum absolute atomic E-state index is 12.1. The summed E-state index contributed by atoms with van der Waals surface area (Å²) >= 11 is 0. The van der Waals surface area contributed by atoms with E-state index in [1.807, 2.05) is 6.07 Å². The fraction of sp³-hybridized carbons (Fsp3) is 0.400. The highest BCUT2D eigenvalue weighted by atomic mass is 32.2. The van der Waals surface area contributed by atoms with Gasteiger partial charge in [0.15, 0.2) is 0 Å². The zero-order chi connectivity index (χ0) is 17.0. The number of nitrogens with one attached hydrogen (secondary N) is 1. The van der Waals surface area contributed by atoms with Gasteiger partial charge in [0.05, 0.1) is 11.8 Å². The molecule has 2 aromatic heterocycles. The van der Waals surface area contributed by atoms with Gasteiger partial charge in [-0.3, -0.25) is 0 Å². The number of nitriles is 1. The Balaban J connectivity index is 1.51. The number of nitrogens with zero attached hydrogens (tertiary/aromatic N) is 3. The Morgan fingerprint density at radius 2 is 2.04 bits per heavy atom. The van der Waals surface area contributed by atoms with Gasteiger partial charge in [-0.2, -0.15) is 5.26 Å². The second-order valence-electron chi connectivity index (χ2n) is 5.57. The van der Waals surface area contributed by atoms with E-state index < -0.39 is 10.0 Å². The molecule has 0 spiro atoms. The third-order valence-corrected chi connectivity index (χ3v) is 5.33. The lowest BCUT2D eigenvalue weighted by molar-refractivity contribution is 0.138. The normalized spacial score (nSPS) is 21.1. The van der Waals surface area contributed by atoms with Crippen molar-refractivity contribution in [3.63, 3.8) is 0 Å². The fourth-order valence-corrected chi connectivity index (χ4v) is 3.76. The molecule has 0 aliphatic heterocycles. The molecule has 0 saturated heterocycles. The molecule has 0 aromatic carbocycles. The minimum absolute atomic E-state index is 0.0122. The first-order valence-electron chi connectivity index (χ1n) is 7.51. The molecule has 1 aliphatic carbocycles. The van der Waals surface area contributed by atoms with Crippen LogP contribution in [0.4, 0.5) is 0 Å². The van der Waals surface area contributed by atoms with Crippen LogP contribution in [0.5, 0.6) is 5.88 Å². The zero-order valence-corrected chi connectivity index (χ0v) is 13.6. The highest BCUT2D eigenvalue weighted by molar-refractivity contribution is 7.89. The van der Waals surface area contributed by atoms with Crippen LogP contribution in [-0.2, 0) is 10.0 Å². The lowest BCUT2D eigenvalue weighted by Gasteiger charge is -2.28. The molecule has 1 aliphatic rings. The van der Waals surface area contributed by atoms with Crippen molar-refractivity contribution in [2.24, 2.45) is 0 Å². The van der Waals surface area contributed by atoms with Crippen molar-refractivity contribution in [1.29, 1.82) is 5.26 Å². The fourth-order valence-electron chi connectivity index (χ4n) is 2.60. The predicted octanol–water partition coefficient (Wildman–Crippen LogP) is 1.61. The van der Waals surface area contributed by atoms with E-state index in [1.54, 1.807) is 12.1 Å². The van der Waals surface area contributed by atoms with Gasteiger partial charge >= 0.3 is 0 Å². The smallest absolute Gasteiger partial charge is 0.245 e. The Labute approximate surface area is 139 Å². The number of hydrogen-bond donors (Lipinski definition) is 1. The van der Waals surface area contributed by atoms with E-state index >= 15 is 0 Å². The lowest BCUT2D eigenvalue weighted by atomic mass is 9.94. The molecule has 0 atom stereocenters. The average Bonchev–Trinajstić information content (AvgIpc) is 3.13. The quantitative estimate of drug-likeness (QED) is 0.872. The van der Waals surface area contributed by atoms with Crippen LogP contribution in [0.3, 0.4) is 0 Å². The number of ether oxygens (including phenoxy) is 1. The SMILES string of the molecule is N#Cc1ccc(OC2CCC(NS(=O)(=O)c3cnoc3)CC2)nc1. The number of hydrogen-bond acceptors (Lipinski definition) is 7. The van der Waals surface area contributed by atoms with Crippen molar-refractivity contribution in [3.8, 4) is 11.9 Å². The summed E-state index contributed by atoms with van der Waals surface area (Å²) < 4.78 is 37.3. The van der Waals surface area contributed by atoms with E-state index in [-0.39, 0.29) is 17.0 Å². The first kappa shape index (κ1) is 16.4. The molecule has 0 amide bonds. The van der Waals surface area contributed by atoms with Crippen LogP contribution >= 0.6 is 0 Å². The molecule has 2 heterocycles. The van der Waals surface area contributed by atoms with Gasteiger partial charge in [0.1, 0.15) is 23.3 Å². The van der Waals surface area contributed by atoms with Crippen LogP contribution in [0.15, 0.2) is 40.2 Å². The Hall–Kier alpha value is -2.44. The highest BCUT2D eigenvalue weighted by Crippen LogP contribution is 2.24. The minimum Gasteiger partial charge on any atom is -0.474 e. The van der Waals surface area contributed by atoms with Crippen LogP contribution in [0.2, 0.25) is 0 Å². The van der Waals surface area contributed by atoms with Crippen LogP contribution in [0.1, 0.15) is 31.2 Å². The van der Waals surface area contributed by atoms with E-state index in [4.69, 9.17) is 10.00 Å². The summed E-state index contributed by atoms with van der Waals surface area (Å²) in [6.07, 6.45) is 6.52. The Morgan fingerprint density at radius 3 is 2.62 bits per heavy atom. The molecule has 1 fully saturated rings. The molecule has 1 saturated carbocycles. The molecule has 0 radical (unpaired) electrons. The zero-order valence-electron chi connectivity index (χ0n) is 12.8. The third-order valence-electron chi connectivity index (χ3n) is 3.87. The van der Waals surface area contributed by atoms with Gasteiger partial charge in [-0.1, -0.05) is 5.16 Å². The van der Waals surface area contributed by atoms with E-state index in [0.29, 0.717) is 24.3 Å². The maximum Gasteiger partial charge on any atom is 0.245 e. The van der Waals surface area contributed by atoms with Gasteiger partial charge in [0, 0.05) is 18.3 Å². The molecule has 8 nitrogen and oxygen atoms in total. The van der Waals surface area contributed by atoms with Gasteiger partial charge < -0.3 is 9.26 Å². The number of aromatic nitrogens is 2. The molecular weight excluding hydrogens is 332 g/mol. The van der Waals surface area contributed by atoms with Crippen LogP contribution in [0, 0.1) is 11.3 Å².